The monoisotopic (exact) mass is 361 g/mol. The summed E-state index contributed by atoms with van der Waals surface area (Å²) in [5, 5.41) is 3.57. The van der Waals surface area contributed by atoms with Gasteiger partial charge in [0.1, 0.15) is 5.82 Å². The van der Waals surface area contributed by atoms with Gasteiger partial charge >= 0.3 is 0 Å². The lowest BCUT2D eigenvalue weighted by Gasteiger charge is -2.35. The Balaban J connectivity index is 2.13. The first kappa shape index (κ1) is 14.1. The topological polar surface area (TPSA) is 12.0 Å². The summed E-state index contributed by atoms with van der Waals surface area (Å²) in [6.07, 6.45) is 5.12. The molecule has 1 nitrogen and oxygen atoms in total. The highest BCUT2D eigenvalue weighted by Gasteiger charge is 2.27. The average Bonchev–Trinajstić information content (AvgIpc) is 2.35. The van der Waals surface area contributed by atoms with Crippen LogP contribution >= 0.6 is 22.6 Å². The standard InChI is InChI=1S/C15H21FIN/c1-10(2)11-6-3-4-8-13(11)18-14-9-5-7-12(16)15(14)17/h5,7,9-11,13,18H,3-4,6,8H2,1-2H3. The molecule has 2 rings (SSSR count). The lowest BCUT2D eigenvalue weighted by molar-refractivity contribution is 0.253. The summed E-state index contributed by atoms with van der Waals surface area (Å²) < 4.78 is 14.3. The summed E-state index contributed by atoms with van der Waals surface area (Å²) in [5.74, 6) is 1.27. The van der Waals surface area contributed by atoms with Gasteiger partial charge in [-0.3, -0.25) is 0 Å². The van der Waals surface area contributed by atoms with E-state index in [-0.39, 0.29) is 5.82 Å². The molecule has 0 heterocycles. The van der Waals surface area contributed by atoms with Crippen molar-refractivity contribution in [1.82, 2.24) is 0 Å². The van der Waals surface area contributed by atoms with E-state index in [0.717, 1.165) is 5.69 Å². The molecule has 0 bridgehead atoms. The zero-order valence-corrected chi connectivity index (χ0v) is 13.2. The second-order valence-electron chi connectivity index (χ2n) is 5.54. The van der Waals surface area contributed by atoms with Crippen LogP contribution in [0, 0.1) is 21.2 Å². The van der Waals surface area contributed by atoms with Crippen molar-refractivity contribution in [3.63, 3.8) is 0 Å². The third kappa shape index (κ3) is 3.16. The van der Waals surface area contributed by atoms with Crippen LogP contribution in [-0.4, -0.2) is 6.04 Å². The van der Waals surface area contributed by atoms with Crippen molar-refractivity contribution in [2.75, 3.05) is 5.32 Å². The molecule has 1 aromatic rings. The summed E-state index contributed by atoms with van der Waals surface area (Å²) in [7, 11) is 0. The minimum atomic E-state index is -0.127. The van der Waals surface area contributed by atoms with Gasteiger partial charge in [-0.2, -0.15) is 0 Å². The summed E-state index contributed by atoms with van der Waals surface area (Å²) in [4.78, 5) is 0. The van der Waals surface area contributed by atoms with Crippen molar-refractivity contribution in [2.24, 2.45) is 11.8 Å². The lowest BCUT2D eigenvalue weighted by atomic mass is 9.78. The van der Waals surface area contributed by atoms with Crippen LogP contribution in [0.5, 0.6) is 0 Å². The Hall–Kier alpha value is -0.320. The number of benzene rings is 1. The third-order valence-electron chi connectivity index (χ3n) is 3.97. The zero-order chi connectivity index (χ0) is 13.1. The Labute approximate surface area is 123 Å². The molecule has 0 saturated heterocycles. The van der Waals surface area contributed by atoms with Gasteiger partial charge in [0, 0.05) is 6.04 Å². The molecule has 18 heavy (non-hydrogen) atoms. The SMILES string of the molecule is CC(C)C1CCCCC1Nc1cccc(F)c1I. The Morgan fingerprint density at radius 3 is 2.72 bits per heavy atom. The highest BCUT2D eigenvalue weighted by Crippen LogP contribution is 2.33. The third-order valence-corrected chi connectivity index (χ3v) is 5.06. The molecule has 0 spiro atoms. The summed E-state index contributed by atoms with van der Waals surface area (Å²) in [5.41, 5.74) is 0.952. The van der Waals surface area contributed by atoms with E-state index < -0.39 is 0 Å². The van der Waals surface area contributed by atoms with E-state index in [1.165, 1.54) is 31.7 Å². The van der Waals surface area contributed by atoms with Gasteiger partial charge in [-0.05, 0) is 59.4 Å². The molecule has 1 fully saturated rings. The molecule has 0 amide bonds. The predicted octanol–water partition coefficient (Wildman–Crippen LogP) is 5.06. The fourth-order valence-corrected chi connectivity index (χ4v) is 3.47. The van der Waals surface area contributed by atoms with Crippen LogP contribution in [0.3, 0.4) is 0 Å². The van der Waals surface area contributed by atoms with Crippen LogP contribution in [0.4, 0.5) is 10.1 Å². The van der Waals surface area contributed by atoms with Crippen molar-refractivity contribution in [1.29, 1.82) is 0 Å². The zero-order valence-electron chi connectivity index (χ0n) is 11.0. The van der Waals surface area contributed by atoms with Crippen molar-refractivity contribution >= 4 is 28.3 Å². The first-order valence-corrected chi connectivity index (χ1v) is 7.88. The molecule has 0 aliphatic heterocycles. The van der Waals surface area contributed by atoms with Gasteiger partial charge in [-0.15, -0.1) is 0 Å². The second-order valence-corrected chi connectivity index (χ2v) is 6.62. The van der Waals surface area contributed by atoms with Crippen LogP contribution in [0.15, 0.2) is 18.2 Å². The van der Waals surface area contributed by atoms with E-state index in [4.69, 9.17) is 0 Å². The van der Waals surface area contributed by atoms with Crippen LogP contribution < -0.4 is 5.32 Å². The van der Waals surface area contributed by atoms with Crippen LogP contribution in [-0.2, 0) is 0 Å². The molecule has 0 aromatic heterocycles. The Morgan fingerprint density at radius 2 is 2.00 bits per heavy atom. The Morgan fingerprint density at radius 1 is 1.28 bits per heavy atom. The van der Waals surface area contributed by atoms with E-state index in [2.05, 4.69) is 41.8 Å². The Kier molecular flexibility index (Phi) is 4.87. The van der Waals surface area contributed by atoms with Gasteiger partial charge in [-0.25, -0.2) is 4.39 Å². The molecule has 1 aliphatic carbocycles. The van der Waals surface area contributed by atoms with Gasteiger partial charge in [0.25, 0.3) is 0 Å². The number of anilines is 1. The maximum Gasteiger partial charge on any atom is 0.138 e. The van der Waals surface area contributed by atoms with E-state index in [9.17, 15) is 4.39 Å². The molecule has 1 aliphatic rings. The minimum Gasteiger partial charge on any atom is -0.381 e. The van der Waals surface area contributed by atoms with Crippen molar-refractivity contribution in [2.45, 2.75) is 45.6 Å². The maximum absolute atomic E-state index is 13.5. The summed E-state index contributed by atoms with van der Waals surface area (Å²) in [6.45, 7) is 4.59. The van der Waals surface area contributed by atoms with Gasteiger partial charge in [0.2, 0.25) is 0 Å². The second kappa shape index (κ2) is 6.22. The predicted molar refractivity (Wildman–Crippen MR) is 83.3 cm³/mol. The van der Waals surface area contributed by atoms with Gasteiger partial charge < -0.3 is 5.32 Å². The first-order chi connectivity index (χ1) is 8.59. The summed E-state index contributed by atoms with van der Waals surface area (Å²) in [6, 6.07) is 5.78. The number of hydrogen-bond acceptors (Lipinski definition) is 1. The van der Waals surface area contributed by atoms with Crippen molar-refractivity contribution in [3.05, 3.63) is 27.6 Å². The first-order valence-electron chi connectivity index (χ1n) is 6.80. The quantitative estimate of drug-likeness (QED) is 0.743. The molecular formula is C15H21FIN. The number of nitrogens with one attached hydrogen (secondary N) is 1. The summed E-state index contributed by atoms with van der Waals surface area (Å²) >= 11 is 2.09. The molecule has 0 radical (unpaired) electrons. The molecule has 1 aromatic carbocycles. The molecular weight excluding hydrogens is 340 g/mol. The number of halogens is 2. The van der Waals surface area contributed by atoms with Crippen molar-refractivity contribution < 1.29 is 4.39 Å². The van der Waals surface area contributed by atoms with E-state index in [1.807, 2.05) is 6.07 Å². The fourth-order valence-electron chi connectivity index (χ4n) is 2.95. The average molecular weight is 361 g/mol. The van der Waals surface area contributed by atoms with Crippen LogP contribution in [0.25, 0.3) is 0 Å². The number of rotatable bonds is 3. The highest BCUT2D eigenvalue weighted by molar-refractivity contribution is 14.1. The minimum absolute atomic E-state index is 0.127. The van der Waals surface area contributed by atoms with E-state index >= 15 is 0 Å². The van der Waals surface area contributed by atoms with Gasteiger partial charge in [-0.1, -0.05) is 32.8 Å². The molecule has 2 unspecified atom stereocenters. The molecule has 1 N–H and O–H groups in total. The van der Waals surface area contributed by atoms with Crippen LogP contribution in [0.2, 0.25) is 0 Å². The number of hydrogen-bond donors (Lipinski definition) is 1. The Bertz CT molecular complexity index is 405. The largest absolute Gasteiger partial charge is 0.381 e. The molecule has 100 valence electrons. The molecule has 1 saturated carbocycles. The highest BCUT2D eigenvalue weighted by atomic mass is 127. The normalized spacial score (nSPS) is 24.3. The van der Waals surface area contributed by atoms with Gasteiger partial charge in [0.15, 0.2) is 0 Å². The fraction of sp³-hybridized carbons (Fsp3) is 0.600. The smallest absolute Gasteiger partial charge is 0.138 e. The van der Waals surface area contributed by atoms with Crippen molar-refractivity contribution in [3.8, 4) is 0 Å². The van der Waals surface area contributed by atoms with E-state index in [0.29, 0.717) is 21.4 Å². The lowest BCUT2D eigenvalue weighted by Crippen LogP contribution is -2.35. The molecule has 2 atom stereocenters. The maximum atomic E-state index is 13.5. The van der Waals surface area contributed by atoms with Gasteiger partial charge in [0.05, 0.1) is 9.26 Å². The van der Waals surface area contributed by atoms with Crippen LogP contribution in [0.1, 0.15) is 39.5 Å². The molecule has 3 heteroatoms. The van der Waals surface area contributed by atoms with E-state index in [1.54, 1.807) is 6.07 Å².